The van der Waals surface area contributed by atoms with E-state index in [1.54, 1.807) is 0 Å². The molecule has 0 radical (unpaired) electrons. The molecule has 33 heavy (non-hydrogen) atoms. The van der Waals surface area contributed by atoms with E-state index < -0.39 is 0 Å². The molecule has 0 amide bonds. The highest BCUT2D eigenvalue weighted by atomic mass is 32.1. The molecule has 0 heterocycles. The Kier molecular flexibility index (Phi) is 14.5. The van der Waals surface area contributed by atoms with Crippen LogP contribution < -0.4 is 0 Å². The molecule has 0 spiro atoms. The second kappa shape index (κ2) is 17.5. The van der Waals surface area contributed by atoms with Crippen molar-refractivity contribution in [2.45, 2.75) is 97.3 Å². The average Bonchev–Trinajstić information content (AvgIpc) is 2.85. The molecule has 0 saturated carbocycles. The molecule has 2 heteroatoms. The number of unbranched alkanes of at least 4 members (excludes halogenated alkanes) is 10. The normalized spacial score (nSPS) is 11.5. The van der Waals surface area contributed by atoms with E-state index in [4.69, 9.17) is 17.0 Å². The van der Waals surface area contributed by atoms with E-state index in [0.29, 0.717) is 0 Å². The lowest BCUT2D eigenvalue weighted by atomic mass is 10.0. The van der Waals surface area contributed by atoms with Crippen molar-refractivity contribution < 1.29 is 4.74 Å². The molecule has 0 fully saturated rings. The molecule has 2 rings (SSSR count). The van der Waals surface area contributed by atoms with Crippen LogP contribution in [-0.4, -0.2) is 11.5 Å². The summed E-state index contributed by atoms with van der Waals surface area (Å²) in [7, 11) is 0. The topological polar surface area (TPSA) is 9.23 Å². The minimum atomic E-state index is 0.726. The minimum absolute atomic E-state index is 0.726. The van der Waals surface area contributed by atoms with Crippen LogP contribution in [0.4, 0.5) is 0 Å². The number of hydrogen-bond acceptors (Lipinski definition) is 2. The summed E-state index contributed by atoms with van der Waals surface area (Å²) in [6.07, 6.45) is 19.1. The fourth-order valence-corrected chi connectivity index (χ4v) is 4.33. The van der Waals surface area contributed by atoms with Crippen LogP contribution in [0.3, 0.4) is 0 Å². The van der Waals surface area contributed by atoms with Crippen LogP contribution in [0, 0.1) is 0 Å². The summed E-state index contributed by atoms with van der Waals surface area (Å²) in [5.74, 6) is 0.812. The number of ether oxygens (including phenoxy) is 1. The first-order chi connectivity index (χ1) is 16.2. The van der Waals surface area contributed by atoms with Crippen LogP contribution in [-0.2, 0) is 11.2 Å². The van der Waals surface area contributed by atoms with Crippen molar-refractivity contribution in [3.8, 4) is 0 Å². The summed E-state index contributed by atoms with van der Waals surface area (Å²) in [6.45, 7) is 5.22. The van der Waals surface area contributed by atoms with Gasteiger partial charge in [0, 0.05) is 0 Å². The van der Waals surface area contributed by atoms with Crippen molar-refractivity contribution in [3.63, 3.8) is 0 Å². The van der Waals surface area contributed by atoms with Gasteiger partial charge in [0.1, 0.15) is 5.76 Å². The SMILES string of the molecule is CCCCCCCCCCCCCOC(=Cc1ccccc1)C(=S)c1ccc(CCC)cc1. The van der Waals surface area contributed by atoms with Gasteiger partial charge in [0.25, 0.3) is 0 Å². The van der Waals surface area contributed by atoms with E-state index in [9.17, 15) is 0 Å². The van der Waals surface area contributed by atoms with Gasteiger partial charge >= 0.3 is 0 Å². The maximum absolute atomic E-state index is 6.24. The molecule has 0 bridgehead atoms. The first-order valence-electron chi connectivity index (χ1n) is 13.3. The van der Waals surface area contributed by atoms with Gasteiger partial charge in [0.15, 0.2) is 0 Å². The Hall–Kier alpha value is -1.93. The van der Waals surface area contributed by atoms with E-state index in [1.165, 1.54) is 69.8 Å². The zero-order valence-electron chi connectivity index (χ0n) is 21.0. The van der Waals surface area contributed by atoms with Crippen LogP contribution in [0.1, 0.15) is 108 Å². The molecule has 1 nitrogen and oxygen atoms in total. The molecule has 0 unspecified atom stereocenters. The third-order valence-corrected chi connectivity index (χ3v) is 6.52. The summed E-state index contributed by atoms with van der Waals surface area (Å²) >= 11 is 5.84. The van der Waals surface area contributed by atoms with Crippen LogP contribution in [0.15, 0.2) is 60.4 Å². The summed E-state index contributed by atoms with van der Waals surface area (Å²) in [4.78, 5) is 0.796. The molecule has 0 aromatic heterocycles. The van der Waals surface area contributed by atoms with Gasteiger partial charge in [-0.25, -0.2) is 0 Å². The van der Waals surface area contributed by atoms with Gasteiger partial charge in [0.05, 0.1) is 11.5 Å². The lowest BCUT2D eigenvalue weighted by molar-refractivity contribution is 0.226. The maximum Gasteiger partial charge on any atom is 0.138 e. The second-order valence-electron chi connectivity index (χ2n) is 9.08. The molecular formula is C31H44OS. The van der Waals surface area contributed by atoms with Crippen molar-refractivity contribution in [3.05, 3.63) is 77.0 Å². The Morgan fingerprint density at radius 1 is 0.697 bits per heavy atom. The van der Waals surface area contributed by atoms with Gasteiger partial charge in [-0.05, 0) is 35.6 Å². The van der Waals surface area contributed by atoms with Crippen LogP contribution >= 0.6 is 12.2 Å². The molecule has 2 aromatic rings. The summed E-state index contributed by atoms with van der Waals surface area (Å²) in [6, 6.07) is 19.0. The Labute approximate surface area is 208 Å². The molecular weight excluding hydrogens is 420 g/mol. The minimum Gasteiger partial charge on any atom is -0.492 e. The van der Waals surface area contributed by atoms with Crippen molar-refractivity contribution in [1.82, 2.24) is 0 Å². The number of allylic oxidation sites excluding steroid dienone is 1. The van der Waals surface area contributed by atoms with Gasteiger partial charge in [-0.15, -0.1) is 0 Å². The zero-order chi connectivity index (χ0) is 23.6. The highest BCUT2D eigenvalue weighted by molar-refractivity contribution is 7.81. The molecule has 0 atom stereocenters. The molecule has 2 aromatic carbocycles. The first-order valence-corrected chi connectivity index (χ1v) is 13.7. The van der Waals surface area contributed by atoms with Gasteiger partial charge in [-0.2, -0.15) is 0 Å². The van der Waals surface area contributed by atoms with Crippen LogP contribution in [0.2, 0.25) is 0 Å². The van der Waals surface area contributed by atoms with Crippen molar-refractivity contribution in [2.24, 2.45) is 0 Å². The molecule has 0 N–H and O–H groups in total. The summed E-state index contributed by atoms with van der Waals surface area (Å²) in [5, 5.41) is 0. The van der Waals surface area contributed by atoms with E-state index in [2.05, 4.69) is 68.5 Å². The van der Waals surface area contributed by atoms with E-state index in [-0.39, 0.29) is 0 Å². The van der Waals surface area contributed by atoms with Gasteiger partial charge < -0.3 is 4.74 Å². The Morgan fingerprint density at radius 2 is 1.27 bits per heavy atom. The van der Waals surface area contributed by atoms with Gasteiger partial charge in [-0.1, -0.05) is 151 Å². The molecule has 0 aliphatic rings. The number of rotatable bonds is 18. The molecule has 180 valence electrons. The average molecular weight is 465 g/mol. The van der Waals surface area contributed by atoms with Gasteiger partial charge in [-0.3, -0.25) is 0 Å². The monoisotopic (exact) mass is 464 g/mol. The zero-order valence-corrected chi connectivity index (χ0v) is 21.8. The third kappa shape index (κ3) is 11.7. The predicted molar refractivity (Wildman–Crippen MR) is 149 cm³/mol. The molecule has 0 aliphatic carbocycles. The van der Waals surface area contributed by atoms with Crippen LogP contribution in [0.5, 0.6) is 0 Å². The third-order valence-electron chi connectivity index (χ3n) is 6.08. The van der Waals surface area contributed by atoms with Crippen molar-refractivity contribution in [1.29, 1.82) is 0 Å². The smallest absolute Gasteiger partial charge is 0.138 e. The summed E-state index contributed by atoms with van der Waals surface area (Å²) < 4.78 is 6.24. The Morgan fingerprint density at radius 3 is 1.85 bits per heavy atom. The standard InChI is InChI=1S/C31H44OS/c1-3-5-6-7-8-9-10-11-12-13-17-25-32-30(26-28-19-15-14-16-20-28)31(33)29-23-21-27(18-4-2)22-24-29/h14-16,19-24,26H,3-13,17-18,25H2,1-2H3. The fourth-order valence-electron chi connectivity index (χ4n) is 4.08. The van der Waals surface area contributed by atoms with E-state index in [1.807, 2.05) is 6.07 Å². The molecule has 0 saturated heterocycles. The highest BCUT2D eigenvalue weighted by Gasteiger charge is 2.10. The van der Waals surface area contributed by atoms with E-state index >= 15 is 0 Å². The quantitative estimate of drug-likeness (QED) is 0.0713. The number of hydrogen-bond donors (Lipinski definition) is 0. The van der Waals surface area contributed by atoms with Crippen molar-refractivity contribution in [2.75, 3.05) is 6.61 Å². The highest BCUT2D eigenvalue weighted by Crippen LogP contribution is 2.18. The Bertz CT molecular complexity index is 791. The number of benzene rings is 2. The largest absolute Gasteiger partial charge is 0.492 e. The number of thiocarbonyl (C=S) groups is 1. The second-order valence-corrected chi connectivity index (χ2v) is 9.49. The van der Waals surface area contributed by atoms with E-state index in [0.717, 1.165) is 47.6 Å². The lowest BCUT2D eigenvalue weighted by Crippen LogP contribution is -2.07. The van der Waals surface area contributed by atoms with Crippen LogP contribution in [0.25, 0.3) is 6.08 Å². The maximum atomic E-state index is 6.24. The van der Waals surface area contributed by atoms with Gasteiger partial charge in [0.2, 0.25) is 0 Å². The van der Waals surface area contributed by atoms with Crippen molar-refractivity contribution >= 4 is 23.2 Å². The predicted octanol–water partition coefficient (Wildman–Crippen LogP) is 9.73. The first kappa shape index (κ1) is 27.3. The lowest BCUT2D eigenvalue weighted by Gasteiger charge is -2.13. The Balaban J connectivity index is 1.79. The summed E-state index contributed by atoms with van der Waals surface area (Å²) in [5.41, 5.74) is 3.54. The molecule has 0 aliphatic heterocycles. The fraction of sp³-hybridized carbons (Fsp3) is 0.516. The number of aryl methyl sites for hydroxylation is 1.